The summed E-state index contributed by atoms with van der Waals surface area (Å²) in [6, 6.07) is 0. The van der Waals surface area contributed by atoms with Crippen LogP contribution >= 0.6 is 11.6 Å². The molecule has 0 aliphatic carbocycles. The average molecular weight is 242 g/mol. The Morgan fingerprint density at radius 2 is 1.81 bits per heavy atom. The van der Waals surface area contributed by atoms with Crippen molar-refractivity contribution in [2.75, 3.05) is 18.0 Å². The number of nitrogens with zero attached hydrogens (tertiary/aromatic N) is 2. The summed E-state index contributed by atoms with van der Waals surface area (Å²) in [7, 11) is 0. The molecule has 1 fully saturated rings. The number of hydrogen-bond acceptors (Lipinski definition) is 3. The lowest BCUT2D eigenvalue weighted by Crippen LogP contribution is -2.29. The van der Waals surface area contributed by atoms with E-state index in [0.29, 0.717) is 5.82 Å². The third-order valence-electron chi connectivity index (χ3n) is 2.93. The molecule has 0 spiro atoms. The molecule has 1 saturated heterocycles. The minimum absolute atomic E-state index is 0.211. The molecule has 0 amide bonds. The molecule has 88 valence electrons. The van der Waals surface area contributed by atoms with Crippen LogP contribution in [0.1, 0.15) is 32.1 Å². The molecule has 2 rings (SSSR count). The molecule has 1 aromatic rings. The first-order valence-corrected chi connectivity index (χ1v) is 6.15. The van der Waals surface area contributed by atoms with Gasteiger partial charge in [-0.05, 0) is 12.8 Å². The maximum atomic E-state index is 11.4. The highest BCUT2D eigenvalue weighted by atomic mass is 35.5. The summed E-state index contributed by atoms with van der Waals surface area (Å²) in [6.45, 7) is 1.88. The fraction of sp³-hybridized carbons (Fsp3) is 0.636. The zero-order valence-corrected chi connectivity index (χ0v) is 9.96. The van der Waals surface area contributed by atoms with Gasteiger partial charge in [-0.1, -0.05) is 30.9 Å². The van der Waals surface area contributed by atoms with Gasteiger partial charge >= 0.3 is 0 Å². The lowest BCUT2D eigenvalue weighted by atomic mass is 10.1. The molecule has 2 heterocycles. The first-order chi connectivity index (χ1) is 7.79. The van der Waals surface area contributed by atoms with Crippen molar-refractivity contribution in [2.45, 2.75) is 32.1 Å². The van der Waals surface area contributed by atoms with E-state index in [2.05, 4.69) is 14.9 Å². The van der Waals surface area contributed by atoms with E-state index in [1.54, 1.807) is 0 Å². The summed E-state index contributed by atoms with van der Waals surface area (Å²) in [5, 5.41) is 0.211. The predicted molar refractivity (Wildman–Crippen MR) is 65.2 cm³/mol. The summed E-state index contributed by atoms with van der Waals surface area (Å²) in [4.78, 5) is 20.2. The zero-order valence-electron chi connectivity index (χ0n) is 9.21. The quantitative estimate of drug-likeness (QED) is 0.820. The standard InChI is InChI=1S/C11H16ClN3O/c12-9-10(13-8-14-11(9)16)15-6-4-2-1-3-5-7-15/h8H,1-7H2,(H,13,14,16). The number of hydrogen-bond donors (Lipinski definition) is 1. The van der Waals surface area contributed by atoms with Gasteiger partial charge in [0.2, 0.25) is 0 Å². The fourth-order valence-corrected chi connectivity index (χ4v) is 2.28. The van der Waals surface area contributed by atoms with Crippen LogP contribution in [0, 0.1) is 0 Å². The van der Waals surface area contributed by atoms with Crippen LogP contribution in [0.15, 0.2) is 11.1 Å². The molecule has 1 aromatic heterocycles. The largest absolute Gasteiger partial charge is 0.355 e. The number of rotatable bonds is 1. The van der Waals surface area contributed by atoms with E-state index < -0.39 is 0 Å². The van der Waals surface area contributed by atoms with Crippen LogP contribution in [0.4, 0.5) is 5.82 Å². The Hall–Kier alpha value is -1.03. The summed E-state index contributed by atoms with van der Waals surface area (Å²) in [6.07, 6.45) is 7.51. The third kappa shape index (κ3) is 2.55. The lowest BCUT2D eigenvalue weighted by Gasteiger charge is -2.25. The van der Waals surface area contributed by atoms with Crippen molar-refractivity contribution in [3.63, 3.8) is 0 Å². The first-order valence-electron chi connectivity index (χ1n) is 5.77. The second kappa shape index (κ2) is 5.34. The Morgan fingerprint density at radius 3 is 2.50 bits per heavy atom. The Labute approximate surface area is 99.6 Å². The minimum atomic E-state index is -0.256. The van der Waals surface area contributed by atoms with Gasteiger partial charge in [-0.2, -0.15) is 0 Å². The van der Waals surface area contributed by atoms with Crippen molar-refractivity contribution >= 4 is 17.4 Å². The van der Waals surface area contributed by atoms with Gasteiger partial charge in [0.05, 0.1) is 6.33 Å². The number of aromatic nitrogens is 2. The summed E-state index contributed by atoms with van der Waals surface area (Å²) >= 11 is 5.97. The molecule has 0 atom stereocenters. The normalized spacial score (nSPS) is 17.9. The van der Waals surface area contributed by atoms with Crippen LogP contribution in [0.25, 0.3) is 0 Å². The second-order valence-corrected chi connectivity index (χ2v) is 4.50. The van der Waals surface area contributed by atoms with Crippen LogP contribution < -0.4 is 10.5 Å². The summed E-state index contributed by atoms with van der Waals surface area (Å²) < 4.78 is 0. The Morgan fingerprint density at radius 1 is 1.19 bits per heavy atom. The molecule has 16 heavy (non-hydrogen) atoms. The van der Waals surface area contributed by atoms with Crippen molar-refractivity contribution in [3.8, 4) is 0 Å². The van der Waals surface area contributed by atoms with Crippen molar-refractivity contribution < 1.29 is 0 Å². The molecule has 0 bridgehead atoms. The van der Waals surface area contributed by atoms with Crippen LogP contribution in [0.3, 0.4) is 0 Å². The summed E-state index contributed by atoms with van der Waals surface area (Å²) in [5.41, 5.74) is -0.256. The maximum Gasteiger partial charge on any atom is 0.271 e. The minimum Gasteiger partial charge on any atom is -0.355 e. The van der Waals surface area contributed by atoms with Crippen molar-refractivity contribution in [3.05, 3.63) is 21.7 Å². The van der Waals surface area contributed by atoms with E-state index >= 15 is 0 Å². The third-order valence-corrected chi connectivity index (χ3v) is 3.27. The Balaban J connectivity index is 2.20. The molecule has 0 unspecified atom stereocenters. The van der Waals surface area contributed by atoms with Crippen LogP contribution in [0.2, 0.25) is 5.02 Å². The van der Waals surface area contributed by atoms with Gasteiger partial charge in [0.1, 0.15) is 5.02 Å². The van der Waals surface area contributed by atoms with Crippen molar-refractivity contribution in [1.29, 1.82) is 0 Å². The highest BCUT2D eigenvalue weighted by molar-refractivity contribution is 6.32. The molecule has 0 aromatic carbocycles. The Bertz CT molecular complexity index is 396. The van der Waals surface area contributed by atoms with Crippen LogP contribution in [0.5, 0.6) is 0 Å². The molecular formula is C11H16ClN3O. The zero-order chi connectivity index (χ0) is 11.4. The molecule has 0 radical (unpaired) electrons. The fourth-order valence-electron chi connectivity index (χ4n) is 2.05. The summed E-state index contributed by atoms with van der Waals surface area (Å²) in [5.74, 6) is 0.632. The topological polar surface area (TPSA) is 49.0 Å². The van der Waals surface area contributed by atoms with Gasteiger partial charge in [-0.15, -0.1) is 0 Å². The predicted octanol–water partition coefficient (Wildman–Crippen LogP) is 2.19. The van der Waals surface area contributed by atoms with Gasteiger partial charge in [0.15, 0.2) is 5.82 Å². The molecule has 1 N–H and O–H groups in total. The number of halogens is 1. The van der Waals surface area contributed by atoms with Crippen molar-refractivity contribution in [2.24, 2.45) is 0 Å². The lowest BCUT2D eigenvalue weighted by molar-refractivity contribution is 0.553. The maximum absolute atomic E-state index is 11.4. The van der Waals surface area contributed by atoms with Gasteiger partial charge in [0, 0.05) is 13.1 Å². The molecule has 4 nitrogen and oxygen atoms in total. The van der Waals surface area contributed by atoms with E-state index in [9.17, 15) is 4.79 Å². The van der Waals surface area contributed by atoms with E-state index in [4.69, 9.17) is 11.6 Å². The highest BCUT2D eigenvalue weighted by Gasteiger charge is 2.15. The van der Waals surface area contributed by atoms with Gasteiger partial charge in [-0.3, -0.25) is 4.79 Å². The number of nitrogens with one attached hydrogen (secondary N) is 1. The smallest absolute Gasteiger partial charge is 0.271 e. The number of anilines is 1. The van der Waals surface area contributed by atoms with Crippen LogP contribution in [-0.4, -0.2) is 23.1 Å². The number of aromatic amines is 1. The van der Waals surface area contributed by atoms with Crippen molar-refractivity contribution in [1.82, 2.24) is 9.97 Å². The van der Waals surface area contributed by atoms with Gasteiger partial charge in [0.25, 0.3) is 5.56 Å². The first kappa shape index (κ1) is 11.5. The van der Waals surface area contributed by atoms with E-state index in [1.165, 1.54) is 25.6 Å². The Kier molecular flexibility index (Phi) is 3.83. The second-order valence-electron chi connectivity index (χ2n) is 4.12. The average Bonchev–Trinajstić information content (AvgIpc) is 2.23. The number of H-pyrrole nitrogens is 1. The van der Waals surface area contributed by atoms with Gasteiger partial charge < -0.3 is 9.88 Å². The molecule has 0 saturated carbocycles. The monoisotopic (exact) mass is 241 g/mol. The van der Waals surface area contributed by atoms with Crippen LogP contribution in [-0.2, 0) is 0 Å². The molecule has 1 aliphatic rings. The molecular weight excluding hydrogens is 226 g/mol. The van der Waals surface area contributed by atoms with E-state index in [-0.39, 0.29) is 10.6 Å². The van der Waals surface area contributed by atoms with E-state index in [1.807, 2.05) is 0 Å². The van der Waals surface area contributed by atoms with Gasteiger partial charge in [-0.25, -0.2) is 4.98 Å². The molecule has 1 aliphatic heterocycles. The van der Waals surface area contributed by atoms with E-state index in [0.717, 1.165) is 25.9 Å². The highest BCUT2D eigenvalue weighted by Crippen LogP contribution is 2.21. The molecule has 5 heteroatoms. The SMILES string of the molecule is O=c1[nH]cnc(N2CCCCCCC2)c1Cl.